The number of carbonyl (C=O) groups is 1. The van der Waals surface area contributed by atoms with Crippen molar-refractivity contribution in [3.63, 3.8) is 0 Å². The van der Waals surface area contributed by atoms with Gasteiger partial charge in [-0.15, -0.1) is 0 Å². The second kappa shape index (κ2) is 8.69. The summed E-state index contributed by atoms with van der Waals surface area (Å²) < 4.78 is 11.6. The summed E-state index contributed by atoms with van der Waals surface area (Å²) in [5.41, 5.74) is 2.60. The Morgan fingerprint density at radius 3 is 2.47 bits per heavy atom. The highest BCUT2D eigenvalue weighted by Gasteiger charge is 2.26. The molecule has 1 aliphatic rings. The number of carbonyl (C=O) groups excluding carboxylic acids is 1. The topological polar surface area (TPSA) is 47.9 Å². The average Bonchev–Trinajstić information content (AvgIpc) is 3.19. The number of cyclic esters (lactones) is 1. The van der Waals surface area contributed by atoms with Gasteiger partial charge in [-0.25, -0.2) is 9.79 Å². The van der Waals surface area contributed by atoms with E-state index in [1.54, 1.807) is 18.2 Å². The zero-order valence-electron chi connectivity index (χ0n) is 17.0. The lowest BCUT2D eigenvalue weighted by Crippen LogP contribution is -2.05. The normalized spacial score (nSPS) is 14.5. The maximum absolute atomic E-state index is 12.6. The molecule has 0 amide bonds. The molecule has 0 aliphatic carbocycles. The van der Waals surface area contributed by atoms with Crippen LogP contribution in [0.4, 0.5) is 0 Å². The first-order valence-electron chi connectivity index (χ1n) is 10.1. The number of nitrogens with zero attached hydrogens (tertiary/aromatic N) is 1. The second-order valence-electron chi connectivity index (χ2n) is 7.29. The smallest absolute Gasteiger partial charge is 0.363 e. The van der Waals surface area contributed by atoms with Crippen LogP contribution in [0.1, 0.15) is 16.7 Å². The quantitative estimate of drug-likeness (QED) is 0.266. The van der Waals surface area contributed by atoms with E-state index >= 15 is 0 Å². The number of benzene rings is 4. The molecule has 0 radical (unpaired) electrons. The summed E-state index contributed by atoms with van der Waals surface area (Å²) in [4.78, 5) is 17.0. The maximum Gasteiger partial charge on any atom is 0.363 e. The minimum Gasteiger partial charge on any atom is -0.488 e. The van der Waals surface area contributed by atoms with Gasteiger partial charge in [0, 0.05) is 5.56 Å². The van der Waals surface area contributed by atoms with E-state index in [1.807, 2.05) is 78.9 Å². The van der Waals surface area contributed by atoms with Crippen LogP contribution in [0.2, 0.25) is 5.02 Å². The molecule has 0 unspecified atom stereocenters. The largest absolute Gasteiger partial charge is 0.488 e. The van der Waals surface area contributed by atoms with Crippen molar-refractivity contribution in [2.45, 2.75) is 6.61 Å². The molecule has 0 spiro atoms. The van der Waals surface area contributed by atoms with Crippen LogP contribution in [0.3, 0.4) is 0 Å². The summed E-state index contributed by atoms with van der Waals surface area (Å²) in [5, 5.41) is 2.46. The van der Waals surface area contributed by atoms with Gasteiger partial charge in [0.15, 0.2) is 5.70 Å². The number of halogens is 1. The molecule has 5 rings (SSSR count). The number of aliphatic imine (C=N–C) groups is 1. The summed E-state index contributed by atoms with van der Waals surface area (Å²) in [6.45, 7) is 0.411. The first-order chi connectivity index (χ1) is 15.7. The highest BCUT2D eigenvalue weighted by Crippen LogP contribution is 2.32. The lowest BCUT2D eigenvalue weighted by Gasteiger charge is -2.12. The van der Waals surface area contributed by atoms with Gasteiger partial charge in [0.25, 0.3) is 0 Å². The Morgan fingerprint density at radius 2 is 1.62 bits per heavy atom. The Bertz CT molecular complexity index is 1380. The molecule has 32 heavy (non-hydrogen) atoms. The third kappa shape index (κ3) is 4.01. The highest BCUT2D eigenvalue weighted by molar-refractivity contribution is 6.34. The van der Waals surface area contributed by atoms with Crippen LogP contribution >= 0.6 is 11.6 Å². The van der Waals surface area contributed by atoms with E-state index in [4.69, 9.17) is 21.1 Å². The van der Waals surface area contributed by atoms with E-state index in [9.17, 15) is 4.79 Å². The van der Waals surface area contributed by atoms with Gasteiger partial charge < -0.3 is 9.47 Å². The van der Waals surface area contributed by atoms with Crippen molar-refractivity contribution < 1.29 is 14.3 Å². The SMILES string of the molecule is O=C1OC(c2ccccc2Cl)=N/C1=C/c1c(OCc2ccccc2)ccc2ccccc12. The second-order valence-corrected chi connectivity index (χ2v) is 7.70. The van der Waals surface area contributed by atoms with E-state index in [0.29, 0.717) is 22.9 Å². The Hall–Kier alpha value is -3.89. The van der Waals surface area contributed by atoms with Crippen molar-refractivity contribution in [1.29, 1.82) is 0 Å². The number of hydrogen-bond acceptors (Lipinski definition) is 4. The number of hydrogen-bond donors (Lipinski definition) is 0. The monoisotopic (exact) mass is 439 g/mol. The van der Waals surface area contributed by atoms with Crippen LogP contribution in [-0.4, -0.2) is 11.9 Å². The van der Waals surface area contributed by atoms with Gasteiger partial charge in [0.2, 0.25) is 5.90 Å². The Morgan fingerprint density at radius 1 is 0.875 bits per heavy atom. The van der Waals surface area contributed by atoms with Gasteiger partial charge in [0.05, 0.1) is 10.6 Å². The fraction of sp³-hybridized carbons (Fsp3) is 0.0370. The molecule has 4 aromatic carbocycles. The number of esters is 1. The van der Waals surface area contributed by atoms with Gasteiger partial charge in [-0.05, 0) is 40.6 Å². The summed E-state index contributed by atoms with van der Waals surface area (Å²) in [6.07, 6.45) is 1.72. The molecule has 0 bridgehead atoms. The minimum absolute atomic E-state index is 0.193. The van der Waals surface area contributed by atoms with E-state index < -0.39 is 5.97 Å². The standard InChI is InChI=1S/C27H18ClNO3/c28-23-13-7-6-12-21(23)26-29-24(27(30)32-26)16-22-20-11-5-4-10-19(20)14-15-25(22)31-17-18-8-2-1-3-9-18/h1-16H,17H2/b24-16+. The van der Waals surface area contributed by atoms with Crippen LogP contribution in [-0.2, 0) is 16.1 Å². The number of ether oxygens (including phenoxy) is 2. The molecule has 5 heteroatoms. The first kappa shape index (κ1) is 20.0. The van der Waals surface area contributed by atoms with Gasteiger partial charge >= 0.3 is 5.97 Å². The molecule has 4 aromatic rings. The molecule has 1 aliphatic heterocycles. The Kier molecular flexibility index (Phi) is 5.44. The predicted molar refractivity (Wildman–Crippen MR) is 127 cm³/mol. The fourth-order valence-corrected chi connectivity index (χ4v) is 3.80. The first-order valence-corrected chi connectivity index (χ1v) is 10.5. The summed E-state index contributed by atoms with van der Waals surface area (Å²) in [6, 6.07) is 28.9. The van der Waals surface area contributed by atoms with Crippen LogP contribution in [0.25, 0.3) is 16.8 Å². The Balaban J connectivity index is 1.57. The molecule has 0 fully saturated rings. The maximum atomic E-state index is 12.6. The van der Waals surface area contributed by atoms with Crippen molar-refractivity contribution in [1.82, 2.24) is 0 Å². The number of fused-ring (bicyclic) bond motifs is 1. The molecular formula is C27H18ClNO3. The average molecular weight is 440 g/mol. The lowest BCUT2D eigenvalue weighted by atomic mass is 10.0. The van der Waals surface area contributed by atoms with E-state index in [-0.39, 0.29) is 11.6 Å². The summed E-state index contributed by atoms with van der Waals surface area (Å²) in [5.74, 6) is 0.329. The van der Waals surface area contributed by atoms with Crippen LogP contribution < -0.4 is 4.74 Å². The van der Waals surface area contributed by atoms with Gasteiger partial charge in [-0.2, -0.15) is 0 Å². The number of rotatable bonds is 5. The third-order valence-electron chi connectivity index (χ3n) is 5.17. The molecule has 4 nitrogen and oxygen atoms in total. The molecule has 0 saturated heterocycles. The van der Waals surface area contributed by atoms with Crippen molar-refractivity contribution >= 4 is 40.3 Å². The highest BCUT2D eigenvalue weighted by atomic mass is 35.5. The molecular weight excluding hydrogens is 422 g/mol. The van der Waals surface area contributed by atoms with Crippen molar-refractivity contribution in [2.24, 2.45) is 4.99 Å². The molecule has 0 aromatic heterocycles. The molecule has 0 saturated carbocycles. The molecule has 0 atom stereocenters. The van der Waals surface area contributed by atoms with E-state index in [0.717, 1.165) is 21.9 Å². The van der Waals surface area contributed by atoms with Gasteiger partial charge in [0.1, 0.15) is 12.4 Å². The van der Waals surface area contributed by atoms with E-state index in [2.05, 4.69) is 4.99 Å². The van der Waals surface area contributed by atoms with Crippen molar-refractivity contribution in [3.05, 3.63) is 118 Å². The van der Waals surface area contributed by atoms with Crippen LogP contribution in [0.5, 0.6) is 5.75 Å². The summed E-state index contributed by atoms with van der Waals surface area (Å²) in [7, 11) is 0. The minimum atomic E-state index is -0.526. The van der Waals surface area contributed by atoms with Crippen LogP contribution in [0, 0.1) is 0 Å². The zero-order valence-corrected chi connectivity index (χ0v) is 17.8. The zero-order chi connectivity index (χ0) is 21.9. The van der Waals surface area contributed by atoms with Crippen LogP contribution in [0.15, 0.2) is 102 Å². The van der Waals surface area contributed by atoms with Gasteiger partial charge in [-0.3, -0.25) is 0 Å². The molecule has 1 heterocycles. The van der Waals surface area contributed by atoms with Crippen molar-refractivity contribution in [3.8, 4) is 5.75 Å². The van der Waals surface area contributed by atoms with E-state index in [1.165, 1.54) is 0 Å². The fourth-order valence-electron chi connectivity index (χ4n) is 3.58. The third-order valence-corrected chi connectivity index (χ3v) is 5.50. The van der Waals surface area contributed by atoms with Crippen molar-refractivity contribution in [2.75, 3.05) is 0 Å². The molecule has 0 N–H and O–H groups in total. The predicted octanol–water partition coefficient (Wildman–Crippen LogP) is 6.42. The Labute approximate surface area is 190 Å². The molecule has 156 valence electrons. The van der Waals surface area contributed by atoms with Gasteiger partial charge in [-0.1, -0.05) is 84.4 Å². The lowest BCUT2D eigenvalue weighted by molar-refractivity contribution is -0.129. The summed E-state index contributed by atoms with van der Waals surface area (Å²) >= 11 is 6.25.